The van der Waals surface area contributed by atoms with E-state index in [1.807, 2.05) is 18.3 Å². The number of rotatable bonds is 5. The molecule has 0 amide bonds. The quantitative estimate of drug-likeness (QED) is 0.858. The van der Waals surface area contributed by atoms with Crippen molar-refractivity contribution in [2.24, 2.45) is 0 Å². The number of aryl methyl sites for hydroxylation is 1. The number of benzene rings is 1. The predicted molar refractivity (Wildman–Crippen MR) is 83.8 cm³/mol. The molecule has 0 saturated heterocycles. The van der Waals surface area contributed by atoms with E-state index in [1.165, 1.54) is 5.56 Å². The molecule has 2 heterocycles. The Morgan fingerprint density at radius 1 is 1.43 bits per heavy atom. The lowest BCUT2D eigenvalue weighted by Gasteiger charge is -2.20. The van der Waals surface area contributed by atoms with Crippen molar-refractivity contribution in [3.8, 4) is 0 Å². The highest BCUT2D eigenvalue weighted by molar-refractivity contribution is 5.99. The molecule has 3 rings (SSSR count). The number of aromatic nitrogens is 2. The molecule has 0 spiro atoms. The summed E-state index contributed by atoms with van der Waals surface area (Å²) in [6, 6.07) is 5.97. The second-order valence-electron chi connectivity index (χ2n) is 5.50. The van der Waals surface area contributed by atoms with Crippen LogP contribution >= 0.6 is 0 Å². The third-order valence-corrected chi connectivity index (χ3v) is 3.98. The Labute approximate surface area is 125 Å². The Bertz CT molecular complexity index is 645. The molecule has 0 bridgehead atoms. The number of hydrogen-bond donors (Lipinski definition) is 1. The van der Waals surface area contributed by atoms with E-state index in [9.17, 15) is 4.79 Å². The van der Waals surface area contributed by atoms with E-state index in [0.29, 0.717) is 6.42 Å². The number of nitrogens with zero attached hydrogens (tertiary/aromatic N) is 2. The van der Waals surface area contributed by atoms with Crippen LogP contribution in [0.3, 0.4) is 0 Å². The summed E-state index contributed by atoms with van der Waals surface area (Å²) in [5, 5.41) is 3.38. The molecule has 0 atom stereocenters. The normalized spacial score (nSPS) is 13.6. The highest BCUT2D eigenvalue weighted by Gasteiger charge is 2.18. The predicted octanol–water partition coefficient (Wildman–Crippen LogP) is 3.08. The van der Waals surface area contributed by atoms with E-state index in [1.54, 1.807) is 6.20 Å². The Hall–Kier alpha value is -2.10. The fourth-order valence-electron chi connectivity index (χ4n) is 2.96. The van der Waals surface area contributed by atoms with Crippen molar-refractivity contribution >= 4 is 11.5 Å². The smallest absolute Gasteiger partial charge is 0.170 e. The molecule has 110 valence electrons. The Morgan fingerprint density at radius 2 is 2.33 bits per heavy atom. The van der Waals surface area contributed by atoms with Crippen LogP contribution in [0.5, 0.6) is 0 Å². The lowest BCUT2D eigenvalue weighted by Crippen LogP contribution is -2.17. The Morgan fingerprint density at radius 3 is 3.19 bits per heavy atom. The molecular weight excluding hydrogens is 262 g/mol. The number of nitrogens with one attached hydrogen (secondary N) is 1. The van der Waals surface area contributed by atoms with Gasteiger partial charge in [0.15, 0.2) is 5.78 Å². The van der Waals surface area contributed by atoms with Gasteiger partial charge < -0.3 is 9.88 Å². The van der Waals surface area contributed by atoms with Crippen LogP contribution in [0, 0.1) is 0 Å². The Kier molecular flexibility index (Phi) is 4.04. The zero-order chi connectivity index (χ0) is 14.7. The first-order chi connectivity index (χ1) is 10.3. The molecular formula is C17H21N3O. The first-order valence-electron chi connectivity index (χ1n) is 7.68. The molecule has 1 aliphatic heterocycles. The topological polar surface area (TPSA) is 46.9 Å². The van der Waals surface area contributed by atoms with Crippen LogP contribution in [0.15, 0.2) is 30.6 Å². The molecule has 1 aromatic heterocycles. The minimum Gasteiger partial charge on any atom is -0.385 e. The number of carbonyl (C=O) groups excluding carboxylic acids is 1. The van der Waals surface area contributed by atoms with Crippen LogP contribution in [-0.2, 0) is 19.4 Å². The van der Waals surface area contributed by atoms with Gasteiger partial charge in [-0.3, -0.25) is 4.79 Å². The van der Waals surface area contributed by atoms with Crippen LogP contribution in [0.25, 0.3) is 0 Å². The molecule has 1 N–H and O–H groups in total. The third-order valence-electron chi connectivity index (χ3n) is 3.98. The summed E-state index contributed by atoms with van der Waals surface area (Å²) in [5.41, 5.74) is 3.14. The van der Waals surface area contributed by atoms with Gasteiger partial charge in [-0.15, -0.1) is 0 Å². The summed E-state index contributed by atoms with van der Waals surface area (Å²) in [6.45, 7) is 4.04. The molecule has 0 radical (unpaired) electrons. The molecule has 0 aliphatic carbocycles. The molecule has 1 aliphatic rings. The largest absolute Gasteiger partial charge is 0.385 e. The van der Waals surface area contributed by atoms with E-state index in [4.69, 9.17) is 0 Å². The molecule has 1 aromatic carbocycles. The fraction of sp³-hybridized carbons (Fsp3) is 0.412. The van der Waals surface area contributed by atoms with E-state index in [0.717, 1.165) is 49.4 Å². The van der Waals surface area contributed by atoms with Crippen LogP contribution in [-0.4, -0.2) is 21.9 Å². The van der Waals surface area contributed by atoms with E-state index < -0.39 is 0 Å². The van der Waals surface area contributed by atoms with Gasteiger partial charge in [0.1, 0.15) is 5.82 Å². The first-order valence-corrected chi connectivity index (χ1v) is 7.68. The first kappa shape index (κ1) is 13.9. The Balaban J connectivity index is 1.84. The van der Waals surface area contributed by atoms with Gasteiger partial charge in [-0.25, -0.2) is 4.98 Å². The summed E-state index contributed by atoms with van der Waals surface area (Å²) in [4.78, 5) is 17.0. The lowest BCUT2D eigenvalue weighted by atomic mass is 9.94. The summed E-state index contributed by atoms with van der Waals surface area (Å²) < 4.78 is 2.07. The highest BCUT2D eigenvalue weighted by atomic mass is 16.1. The van der Waals surface area contributed by atoms with Gasteiger partial charge >= 0.3 is 0 Å². The number of fused-ring (bicyclic) bond motifs is 1. The number of Topliss-reactive ketones (excluding diaryl/α,β-unsaturated/α-hetero) is 1. The summed E-state index contributed by atoms with van der Waals surface area (Å²) >= 11 is 0. The number of ketones is 1. The van der Waals surface area contributed by atoms with Crippen LogP contribution in [0.4, 0.5) is 5.69 Å². The van der Waals surface area contributed by atoms with Crippen molar-refractivity contribution in [2.75, 3.05) is 11.9 Å². The zero-order valence-corrected chi connectivity index (χ0v) is 12.4. The monoisotopic (exact) mass is 283 g/mol. The number of anilines is 1. The summed E-state index contributed by atoms with van der Waals surface area (Å²) in [5.74, 6) is 1.03. The maximum atomic E-state index is 12.7. The van der Waals surface area contributed by atoms with Crippen molar-refractivity contribution < 1.29 is 4.79 Å². The maximum Gasteiger partial charge on any atom is 0.170 e. The van der Waals surface area contributed by atoms with Crippen LogP contribution in [0.2, 0.25) is 0 Å². The average molecular weight is 283 g/mol. The van der Waals surface area contributed by atoms with Gasteiger partial charge in [0.05, 0.1) is 6.42 Å². The summed E-state index contributed by atoms with van der Waals surface area (Å²) in [6.07, 6.45) is 7.22. The van der Waals surface area contributed by atoms with Crippen molar-refractivity contribution in [2.45, 2.75) is 39.2 Å². The SMILES string of the molecule is CCCn1ccnc1CC(=O)c1cccc2c1CCCN2. The van der Waals surface area contributed by atoms with Gasteiger partial charge in [0.2, 0.25) is 0 Å². The van der Waals surface area contributed by atoms with Gasteiger partial charge in [0, 0.05) is 36.7 Å². The number of hydrogen-bond acceptors (Lipinski definition) is 3. The van der Waals surface area contributed by atoms with Crippen LogP contribution < -0.4 is 5.32 Å². The van der Waals surface area contributed by atoms with Crippen molar-refractivity contribution in [1.29, 1.82) is 0 Å². The molecule has 0 fully saturated rings. The number of imidazole rings is 1. The molecule has 0 unspecified atom stereocenters. The average Bonchev–Trinajstić information content (AvgIpc) is 2.94. The maximum absolute atomic E-state index is 12.7. The second kappa shape index (κ2) is 6.12. The molecule has 4 nitrogen and oxygen atoms in total. The van der Waals surface area contributed by atoms with Gasteiger partial charge in [-0.05, 0) is 30.9 Å². The van der Waals surface area contributed by atoms with Crippen LogP contribution in [0.1, 0.15) is 41.5 Å². The molecule has 4 heteroatoms. The highest BCUT2D eigenvalue weighted by Crippen LogP contribution is 2.26. The van der Waals surface area contributed by atoms with E-state index >= 15 is 0 Å². The minimum absolute atomic E-state index is 0.166. The van der Waals surface area contributed by atoms with E-state index in [-0.39, 0.29) is 5.78 Å². The van der Waals surface area contributed by atoms with Crippen molar-refractivity contribution in [1.82, 2.24) is 9.55 Å². The van der Waals surface area contributed by atoms with Gasteiger partial charge in [-0.2, -0.15) is 0 Å². The van der Waals surface area contributed by atoms with E-state index in [2.05, 4.69) is 27.9 Å². The fourth-order valence-corrected chi connectivity index (χ4v) is 2.96. The molecule has 2 aromatic rings. The minimum atomic E-state index is 0.166. The number of carbonyl (C=O) groups is 1. The van der Waals surface area contributed by atoms with Crippen molar-refractivity contribution in [3.05, 3.63) is 47.5 Å². The zero-order valence-electron chi connectivity index (χ0n) is 12.4. The van der Waals surface area contributed by atoms with Gasteiger partial charge in [-0.1, -0.05) is 19.1 Å². The second-order valence-corrected chi connectivity index (χ2v) is 5.50. The molecule has 0 saturated carbocycles. The van der Waals surface area contributed by atoms with Gasteiger partial charge in [0.25, 0.3) is 0 Å². The summed E-state index contributed by atoms with van der Waals surface area (Å²) in [7, 11) is 0. The van der Waals surface area contributed by atoms with Crippen molar-refractivity contribution in [3.63, 3.8) is 0 Å². The standard InChI is InChI=1S/C17H21N3O/c1-2-10-20-11-9-19-17(20)12-16(21)14-5-3-7-15-13(14)6-4-8-18-15/h3,5,7,9,11,18H,2,4,6,8,10,12H2,1H3. The lowest BCUT2D eigenvalue weighted by molar-refractivity contribution is 0.0988. The third kappa shape index (κ3) is 2.84. The molecule has 21 heavy (non-hydrogen) atoms.